The molecule has 2 aromatic carbocycles. The molecular weight excluding hydrogens is 432 g/mol. The maximum absolute atomic E-state index is 13.2. The summed E-state index contributed by atoms with van der Waals surface area (Å²) >= 11 is 1.45. The lowest BCUT2D eigenvalue weighted by Crippen LogP contribution is -2.40. The Labute approximate surface area is 196 Å². The number of amides is 1. The van der Waals surface area contributed by atoms with Crippen LogP contribution in [0.1, 0.15) is 17.5 Å². The molecule has 4 aromatic rings. The number of carbonyl (C=O) groups excluding carboxylic acids is 1. The summed E-state index contributed by atoms with van der Waals surface area (Å²) in [5, 5.41) is 5.64. The van der Waals surface area contributed by atoms with Crippen LogP contribution in [0.25, 0.3) is 21.3 Å². The molecule has 1 aliphatic rings. The van der Waals surface area contributed by atoms with Gasteiger partial charge in [0.2, 0.25) is 5.91 Å². The van der Waals surface area contributed by atoms with Gasteiger partial charge in [0.05, 0.1) is 11.7 Å². The third-order valence-electron chi connectivity index (χ3n) is 6.12. The number of nitrogens with one attached hydrogen (secondary N) is 1. The van der Waals surface area contributed by atoms with Gasteiger partial charge in [-0.25, -0.2) is 4.98 Å². The maximum atomic E-state index is 13.2. The van der Waals surface area contributed by atoms with E-state index in [2.05, 4.69) is 27.3 Å². The third-order valence-corrected chi connectivity index (χ3v) is 7.01. The molecule has 0 radical (unpaired) electrons. The predicted molar refractivity (Wildman–Crippen MR) is 132 cm³/mol. The molecule has 1 atom stereocenters. The molecule has 1 fully saturated rings. The number of hydrogen-bond donors (Lipinski definition) is 1. The van der Waals surface area contributed by atoms with E-state index in [9.17, 15) is 9.59 Å². The van der Waals surface area contributed by atoms with Crippen LogP contribution in [-0.4, -0.2) is 39.5 Å². The van der Waals surface area contributed by atoms with Crippen molar-refractivity contribution in [3.8, 4) is 11.1 Å². The Morgan fingerprint density at radius 3 is 2.73 bits per heavy atom. The second-order valence-corrected chi connectivity index (χ2v) is 9.51. The number of rotatable bonds is 6. The standard InChI is InChI=1S/C26H26N4O2S/c1-18-7-9-20(10-8-18)22-16-33-25-24(22)26(32)30(17-27-25)15-23(31)28-21-11-12-29(14-21)13-19-5-3-2-4-6-19/h2-10,16-17,21H,11-15H2,1H3,(H,28,31). The zero-order valence-electron chi connectivity index (χ0n) is 18.5. The van der Waals surface area contributed by atoms with Crippen molar-refractivity contribution in [1.29, 1.82) is 0 Å². The monoisotopic (exact) mass is 458 g/mol. The molecule has 0 saturated carbocycles. The summed E-state index contributed by atoms with van der Waals surface area (Å²) in [5.74, 6) is -0.156. The number of nitrogens with zero attached hydrogens (tertiary/aromatic N) is 3. The van der Waals surface area contributed by atoms with E-state index in [1.54, 1.807) is 0 Å². The summed E-state index contributed by atoms with van der Waals surface area (Å²) in [4.78, 5) is 33.4. The molecule has 1 unspecified atom stereocenters. The van der Waals surface area contributed by atoms with Crippen LogP contribution in [0, 0.1) is 6.92 Å². The Morgan fingerprint density at radius 1 is 1.15 bits per heavy atom. The number of fused-ring (bicyclic) bond motifs is 1. The number of aromatic nitrogens is 2. The second kappa shape index (κ2) is 9.29. The molecule has 3 heterocycles. The summed E-state index contributed by atoms with van der Waals surface area (Å²) in [6.45, 7) is 4.65. The average molecular weight is 459 g/mol. The molecule has 0 bridgehead atoms. The Morgan fingerprint density at radius 2 is 1.94 bits per heavy atom. The van der Waals surface area contributed by atoms with Crippen LogP contribution >= 0.6 is 11.3 Å². The summed E-state index contributed by atoms with van der Waals surface area (Å²) in [5.41, 5.74) is 4.12. The Bertz CT molecular complexity index is 1330. The van der Waals surface area contributed by atoms with E-state index >= 15 is 0 Å². The molecule has 7 heteroatoms. The maximum Gasteiger partial charge on any atom is 0.263 e. The first-order valence-corrected chi connectivity index (χ1v) is 12.0. The van der Waals surface area contributed by atoms with Crippen LogP contribution in [0.4, 0.5) is 0 Å². The lowest BCUT2D eigenvalue weighted by atomic mass is 10.1. The minimum absolute atomic E-state index is 0.0276. The van der Waals surface area contributed by atoms with Crippen LogP contribution in [0.2, 0.25) is 0 Å². The third kappa shape index (κ3) is 4.74. The molecule has 0 aliphatic carbocycles. The largest absolute Gasteiger partial charge is 0.350 e. The van der Waals surface area contributed by atoms with E-state index in [0.717, 1.165) is 37.2 Å². The Kier molecular flexibility index (Phi) is 6.07. The molecule has 1 aliphatic heterocycles. The van der Waals surface area contributed by atoms with Gasteiger partial charge in [-0.1, -0.05) is 60.2 Å². The molecule has 5 rings (SSSR count). The first-order valence-electron chi connectivity index (χ1n) is 11.2. The fourth-order valence-electron chi connectivity index (χ4n) is 4.39. The van der Waals surface area contributed by atoms with Crippen LogP contribution in [0.3, 0.4) is 0 Å². The van der Waals surface area contributed by atoms with Crippen molar-refractivity contribution in [3.05, 3.63) is 87.8 Å². The van der Waals surface area contributed by atoms with Gasteiger partial charge in [0.15, 0.2) is 0 Å². The van der Waals surface area contributed by atoms with Gasteiger partial charge in [-0.2, -0.15) is 0 Å². The molecule has 2 aromatic heterocycles. The minimum atomic E-state index is -0.177. The van der Waals surface area contributed by atoms with Crippen molar-refractivity contribution in [3.63, 3.8) is 0 Å². The fraction of sp³-hybridized carbons (Fsp3) is 0.269. The Balaban J connectivity index is 1.27. The Hall–Kier alpha value is -3.29. The van der Waals surface area contributed by atoms with E-state index in [4.69, 9.17) is 0 Å². The van der Waals surface area contributed by atoms with Crippen molar-refractivity contribution in [1.82, 2.24) is 19.8 Å². The lowest BCUT2D eigenvalue weighted by Gasteiger charge is -2.17. The van der Waals surface area contributed by atoms with Gasteiger partial charge in [-0.05, 0) is 24.5 Å². The van der Waals surface area contributed by atoms with Gasteiger partial charge in [-0.3, -0.25) is 19.1 Å². The highest BCUT2D eigenvalue weighted by Crippen LogP contribution is 2.30. The van der Waals surface area contributed by atoms with Gasteiger partial charge >= 0.3 is 0 Å². The first-order chi connectivity index (χ1) is 16.1. The van der Waals surface area contributed by atoms with Gasteiger partial charge in [0.1, 0.15) is 11.4 Å². The molecule has 1 amide bonds. The number of aryl methyl sites for hydroxylation is 1. The predicted octanol–water partition coefficient (Wildman–Crippen LogP) is 3.82. The van der Waals surface area contributed by atoms with Crippen molar-refractivity contribution in [2.45, 2.75) is 32.5 Å². The van der Waals surface area contributed by atoms with Gasteiger partial charge in [-0.15, -0.1) is 11.3 Å². The normalized spacial score (nSPS) is 16.3. The molecule has 1 N–H and O–H groups in total. The molecular formula is C26H26N4O2S. The number of carbonyl (C=O) groups is 1. The quantitative estimate of drug-likeness (QED) is 0.477. The molecule has 0 spiro atoms. The first kappa shape index (κ1) is 21.6. The number of hydrogen-bond acceptors (Lipinski definition) is 5. The van der Waals surface area contributed by atoms with Crippen LogP contribution in [-0.2, 0) is 17.9 Å². The summed E-state index contributed by atoms with van der Waals surface area (Å²) in [7, 11) is 0. The van der Waals surface area contributed by atoms with Crippen molar-refractivity contribution in [2.75, 3.05) is 13.1 Å². The van der Waals surface area contributed by atoms with E-state index in [0.29, 0.717) is 10.2 Å². The highest BCUT2D eigenvalue weighted by atomic mass is 32.1. The molecule has 168 valence electrons. The van der Waals surface area contributed by atoms with E-state index in [1.807, 2.05) is 54.8 Å². The summed E-state index contributed by atoms with van der Waals surface area (Å²) in [6.07, 6.45) is 2.39. The zero-order chi connectivity index (χ0) is 22.8. The smallest absolute Gasteiger partial charge is 0.263 e. The van der Waals surface area contributed by atoms with Crippen LogP contribution in [0.5, 0.6) is 0 Å². The van der Waals surface area contributed by atoms with E-state index < -0.39 is 0 Å². The van der Waals surface area contributed by atoms with Gasteiger partial charge < -0.3 is 5.32 Å². The molecule has 6 nitrogen and oxygen atoms in total. The number of benzene rings is 2. The zero-order valence-corrected chi connectivity index (χ0v) is 19.3. The highest BCUT2D eigenvalue weighted by molar-refractivity contribution is 7.17. The molecule has 1 saturated heterocycles. The number of likely N-dealkylation sites (tertiary alicyclic amines) is 1. The van der Waals surface area contributed by atoms with Crippen LogP contribution in [0.15, 0.2) is 71.1 Å². The van der Waals surface area contributed by atoms with Crippen molar-refractivity contribution in [2.24, 2.45) is 0 Å². The summed E-state index contributed by atoms with van der Waals surface area (Å²) in [6, 6.07) is 18.5. The van der Waals surface area contributed by atoms with Crippen molar-refractivity contribution >= 4 is 27.5 Å². The minimum Gasteiger partial charge on any atom is -0.350 e. The second-order valence-electron chi connectivity index (χ2n) is 8.65. The van der Waals surface area contributed by atoms with Gasteiger partial charge in [0, 0.05) is 36.6 Å². The van der Waals surface area contributed by atoms with Crippen LogP contribution < -0.4 is 10.9 Å². The number of thiophene rings is 1. The van der Waals surface area contributed by atoms with E-state index in [-0.39, 0.29) is 24.1 Å². The van der Waals surface area contributed by atoms with Crippen molar-refractivity contribution < 1.29 is 4.79 Å². The fourth-order valence-corrected chi connectivity index (χ4v) is 5.30. The van der Waals surface area contributed by atoms with E-state index in [1.165, 1.54) is 33.4 Å². The average Bonchev–Trinajstić information content (AvgIpc) is 3.44. The highest BCUT2D eigenvalue weighted by Gasteiger charge is 2.24. The lowest BCUT2D eigenvalue weighted by molar-refractivity contribution is -0.122. The topological polar surface area (TPSA) is 67.2 Å². The SMILES string of the molecule is Cc1ccc(-c2csc3ncn(CC(=O)NC4CCN(Cc5ccccc5)C4)c(=O)c23)cc1. The summed E-state index contributed by atoms with van der Waals surface area (Å²) < 4.78 is 1.42. The molecule has 33 heavy (non-hydrogen) atoms. The van der Waals surface area contributed by atoms with Gasteiger partial charge in [0.25, 0.3) is 5.56 Å².